The molecule has 0 aromatic heterocycles. The van der Waals surface area contributed by atoms with Crippen LogP contribution in [-0.2, 0) is 14.2 Å². The number of carbonyl (C=O) groups is 3. The van der Waals surface area contributed by atoms with Gasteiger partial charge in [0.25, 0.3) is 0 Å². The van der Waals surface area contributed by atoms with Gasteiger partial charge in [-0.2, -0.15) is 15.8 Å². The summed E-state index contributed by atoms with van der Waals surface area (Å²) in [6, 6.07) is 15.7. The predicted molar refractivity (Wildman–Crippen MR) is 153 cm³/mol. The van der Waals surface area contributed by atoms with E-state index in [4.69, 9.17) is 20.5 Å². The van der Waals surface area contributed by atoms with E-state index in [2.05, 4.69) is 46.1 Å². The van der Waals surface area contributed by atoms with Gasteiger partial charge in [0, 0.05) is 8.95 Å². The third-order valence-electron chi connectivity index (χ3n) is 4.95. The standard InChI is InChI=1S/C10H8BrNO3.C9H6BrNO3.C9H7NO3/c1-14-9-6(5-12)3-7(11)4-8(9)10(13)15-2;1-14-9(13)7-3-6(10)2-5(4-11)8(7)12;1-13-9(12)7-4-2-3-6(5-10)8(7)11/h3-4H,1-2H3;2-3,12H,1H3;2-4,11H,1H3. The van der Waals surface area contributed by atoms with E-state index in [1.807, 2.05) is 6.07 Å². The zero-order valence-corrected chi connectivity index (χ0v) is 25.6. The largest absolute Gasteiger partial charge is 0.506 e. The molecule has 0 saturated carbocycles. The molecular formula is C28H21Br2N3O9. The first-order chi connectivity index (χ1) is 19.9. The van der Waals surface area contributed by atoms with E-state index in [9.17, 15) is 24.6 Å². The Morgan fingerprint density at radius 1 is 0.643 bits per heavy atom. The molecule has 0 bridgehead atoms. The van der Waals surface area contributed by atoms with Crippen LogP contribution in [0.2, 0.25) is 0 Å². The number of hydrogen-bond acceptors (Lipinski definition) is 12. The van der Waals surface area contributed by atoms with Crippen molar-refractivity contribution in [3.8, 4) is 35.5 Å². The quantitative estimate of drug-likeness (QED) is 0.273. The third kappa shape index (κ3) is 8.96. The van der Waals surface area contributed by atoms with Gasteiger partial charge in [0.15, 0.2) is 5.75 Å². The second-order valence-electron chi connectivity index (χ2n) is 7.40. The lowest BCUT2D eigenvalue weighted by Crippen LogP contribution is -2.05. The normalized spacial score (nSPS) is 9.12. The van der Waals surface area contributed by atoms with Crippen LogP contribution < -0.4 is 4.74 Å². The molecule has 3 aromatic rings. The van der Waals surface area contributed by atoms with Crippen LogP contribution in [0.25, 0.3) is 0 Å². The number of halogens is 2. The highest BCUT2D eigenvalue weighted by Gasteiger charge is 2.18. The average Bonchev–Trinajstić information content (AvgIpc) is 3.00. The summed E-state index contributed by atoms with van der Waals surface area (Å²) in [5.74, 6) is -2.34. The van der Waals surface area contributed by atoms with Crippen molar-refractivity contribution in [3.63, 3.8) is 0 Å². The molecule has 42 heavy (non-hydrogen) atoms. The smallest absolute Gasteiger partial charge is 0.341 e. The van der Waals surface area contributed by atoms with Crippen molar-refractivity contribution in [1.29, 1.82) is 15.8 Å². The summed E-state index contributed by atoms with van der Waals surface area (Å²) in [5.41, 5.74) is 0.570. The predicted octanol–water partition coefficient (Wildman–Crippen LogP) is 4.98. The molecule has 0 aliphatic heterocycles. The van der Waals surface area contributed by atoms with Gasteiger partial charge in [-0.3, -0.25) is 0 Å². The van der Waals surface area contributed by atoms with Gasteiger partial charge < -0.3 is 29.2 Å². The number of aromatic hydroxyl groups is 2. The van der Waals surface area contributed by atoms with E-state index in [0.29, 0.717) is 8.95 Å². The maximum Gasteiger partial charge on any atom is 0.341 e. The Bertz CT molecular complexity index is 1620. The minimum absolute atomic E-state index is 0.00144. The van der Waals surface area contributed by atoms with Gasteiger partial charge in [0.1, 0.15) is 46.4 Å². The van der Waals surface area contributed by atoms with Crippen LogP contribution >= 0.6 is 31.9 Å². The number of hydrogen-bond donors (Lipinski definition) is 2. The lowest BCUT2D eigenvalue weighted by molar-refractivity contribution is 0.0588. The van der Waals surface area contributed by atoms with Crippen LogP contribution in [-0.4, -0.2) is 56.6 Å². The number of methoxy groups -OCH3 is 4. The van der Waals surface area contributed by atoms with Gasteiger partial charge in [0.05, 0.1) is 45.1 Å². The van der Waals surface area contributed by atoms with Crippen molar-refractivity contribution >= 4 is 49.8 Å². The molecule has 216 valence electrons. The highest BCUT2D eigenvalue weighted by molar-refractivity contribution is 9.10. The summed E-state index contributed by atoms with van der Waals surface area (Å²) in [6.07, 6.45) is 0. The molecule has 0 heterocycles. The van der Waals surface area contributed by atoms with Crippen molar-refractivity contribution < 1.29 is 43.5 Å². The van der Waals surface area contributed by atoms with Crippen LogP contribution in [0.5, 0.6) is 17.2 Å². The summed E-state index contributed by atoms with van der Waals surface area (Å²) in [5, 5.41) is 44.9. The number of para-hydroxylation sites is 1. The highest BCUT2D eigenvalue weighted by atomic mass is 79.9. The van der Waals surface area contributed by atoms with Gasteiger partial charge in [-0.05, 0) is 36.4 Å². The van der Waals surface area contributed by atoms with E-state index in [-0.39, 0.29) is 50.6 Å². The fraction of sp³-hybridized carbons (Fsp3) is 0.143. The molecule has 0 atom stereocenters. The number of esters is 3. The Balaban J connectivity index is 0.000000316. The van der Waals surface area contributed by atoms with Crippen molar-refractivity contribution in [2.45, 2.75) is 0 Å². The summed E-state index contributed by atoms with van der Waals surface area (Å²) < 4.78 is 19.6. The van der Waals surface area contributed by atoms with E-state index in [0.717, 1.165) is 0 Å². The molecule has 0 aliphatic carbocycles. The van der Waals surface area contributed by atoms with Gasteiger partial charge >= 0.3 is 17.9 Å². The molecule has 14 heteroatoms. The SMILES string of the molecule is COC(=O)c1cc(Br)cc(C#N)c1O.COC(=O)c1cc(Br)cc(C#N)c1OC.COC(=O)c1cccc(C#N)c1O. The fourth-order valence-electron chi connectivity index (χ4n) is 3.02. The first-order valence-electron chi connectivity index (χ1n) is 11.1. The summed E-state index contributed by atoms with van der Waals surface area (Å²) in [6.45, 7) is 0. The van der Waals surface area contributed by atoms with Crippen molar-refractivity contribution in [2.24, 2.45) is 0 Å². The lowest BCUT2D eigenvalue weighted by Gasteiger charge is -2.08. The highest BCUT2D eigenvalue weighted by Crippen LogP contribution is 2.29. The molecule has 3 rings (SSSR count). The van der Waals surface area contributed by atoms with Crippen molar-refractivity contribution in [1.82, 2.24) is 0 Å². The molecule has 0 radical (unpaired) electrons. The molecule has 2 N–H and O–H groups in total. The van der Waals surface area contributed by atoms with Gasteiger partial charge in [0.2, 0.25) is 0 Å². The van der Waals surface area contributed by atoms with Gasteiger partial charge in [-0.1, -0.05) is 37.9 Å². The van der Waals surface area contributed by atoms with Crippen molar-refractivity contribution in [3.05, 3.63) is 84.8 Å². The average molecular weight is 703 g/mol. The van der Waals surface area contributed by atoms with E-state index in [1.165, 1.54) is 58.8 Å². The van der Waals surface area contributed by atoms with Crippen LogP contribution in [0.4, 0.5) is 0 Å². The number of benzene rings is 3. The number of rotatable bonds is 4. The van der Waals surface area contributed by atoms with Gasteiger partial charge in [-0.15, -0.1) is 0 Å². The number of phenolic OH excluding ortho intramolecular Hbond substituents is 2. The second-order valence-corrected chi connectivity index (χ2v) is 9.23. The molecule has 12 nitrogen and oxygen atoms in total. The Morgan fingerprint density at radius 3 is 1.55 bits per heavy atom. The topological polar surface area (TPSA) is 200 Å². The fourth-order valence-corrected chi connectivity index (χ4v) is 3.93. The van der Waals surface area contributed by atoms with Gasteiger partial charge in [-0.25, -0.2) is 14.4 Å². The zero-order valence-electron chi connectivity index (χ0n) is 22.4. The minimum atomic E-state index is -0.680. The first-order valence-corrected chi connectivity index (χ1v) is 12.7. The summed E-state index contributed by atoms with van der Waals surface area (Å²) >= 11 is 6.32. The third-order valence-corrected chi connectivity index (χ3v) is 5.86. The Morgan fingerprint density at radius 2 is 1.07 bits per heavy atom. The Labute approximate surface area is 257 Å². The van der Waals surface area contributed by atoms with Crippen molar-refractivity contribution in [2.75, 3.05) is 28.4 Å². The number of ether oxygens (including phenoxy) is 4. The summed E-state index contributed by atoms with van der Waals surface area (Å²) in [7, 11) is 5.08. The first kappa shape index (κ1) is 34.9. The summed E-state index contributed by atoms with van der Waals surface area (Å²) in [4.78, 5) is 33.5. The lowest BCUT2D eigenvalue weighted by atomic mass is 10.1. The molecule has 0 unspecified atom stereocenters. The molecule has 3 aromatic carbocycles. The molecule has 0 saturated heterocycles. The zero-order chi connectivity index (χ0) is 32.0. The van der Waals surface area contributed by atoms with E-state index >= 15 is 0 Å². The van der Waals surface area contributed by atoms with Crippen LogP contribution in [0.1, 0.15) is 47.8 Å². The maximum atomic E-state index is 11.4. The van der Waals surface area contributed by atoms with Crippen LogP contribution in [0.15, 0.2) is 51.4 Å². The Kier molecular flexibility index (Phi) is 14.0. The number of phenols is 2. The Hall–Kier alpha value is -5.10. The molecule has 0 amide bonds. The second kappa shape index (κ2) is 16.9. The molecular weight excluding hydrogens is 682 g/mol. The van der Waals surface area contributed by atoms with E-state index in [1.54, 1.807) is 24.3 Å². The van der Waals surface area contributed by atoms with Crippen LogP contribution in [0, 0.1) is 34.0 Å². The number of nitrogens with zero attached hydrogens (tertiary/aromatic N) is 3. The monoisotopic (exact) mass is 701 g/mol. The number of nitriles is 3. The van der Waals surface area contributed by atoms with Crippen LogP contribution in [0.3, 0.4) is 0 Å². The number of carbonyl (C=O) groups excluding carboxylic acids is 3. The molecule has 0 spiro atoms. The molecule has 0 aliphatic rings. The minimum Gasteiger partial charge on any atom is -0.506 e. The van der Waals surface area contributed by atoms with E-state index < -0.39 is 17.9 Å². The molecule has 0 fully saturated rings. The maximum absolute atomic E-state index is 11.4.